The van der Waals surface area contributed by atoms with Crippen LogP contribution in [0, 0.1) is 0 Å². The van der Waals surface area contributed by atoms with Crippen LogP contribution in [-0.2, 0) is 6.54 Å². The van der Waals surface area contributed by atoms with E-state index in [-0.39, 0.29) is 0 Å². The Labute approximate surface area is 132 Å². The van der Waals surface area contributed by atoms with Crippen LogP contribution in [-0.4, -0.2) is 14.6 Å². The predicted octanol–water partition coefficient (Wildman–Crippen LogP) is 4.07. The van der Waals surface area contributed by atoms with Crippen LogP contribution in [0.25, 0.3) is 16.2 Å². The maximum absolute atomic E-state index is 4.64. The average molecular weight is 306 g/mol. The SMILES string of the molecule is c1ccc(CNc2nn3cc(-c4ccccc4)nc3s2)cc1. The van der Waals surface area contributed by atoms with Crippen molar-refractivity contribution < 1.29 is 0 Å². The van der Waals surface area contributed by atoms with Crippen LogP contribution in [0.2, 0.25) is 0 Å². The van der Waals surface area contributed by atoms with Gasteiger partial charge in [-0.2, -0.15) is 0 Å². The van der Waals surface area contributed by atoms with Crippen LogP contribution in [0.4, 0.5) is 5.13 Å². The van der Waals surface area contributed by atoms with Crippen molar-refractivity contribution in [3.63, 3.8) is 0 Å². The molecule has 0 aliphatic carbocycles. The van der Waals surface area contributed by atoms with Gasteiger partial charge in [0.2, 0.25) is 10.1 Å². The van der Waals surface area contributed by atoms with E-state index in [0.717, 1.165) is 27.9 Å². The highest BCUT2D eigenvalue weighted by Gasteiger charge is 2.09. The lowest BCUT2D eigenvalue weighted by atomic mass is 10.2. The van der Waals surface area contributed by atoms with E-state index in [1.165, 1.54) is 5.56 Å². The van der Waals surface area contributed by atoms with Crippen molar-refractivity contribution in [1.82, 2.24) is 14.6 Å². The molecule has 0 unspecified atom stereocenters. The molecule has 0 atom stereocenters. The molecule has 4 nitrogen and oxygen atoms in total. The Hall–Kier alpha value is -2.66. The molecule has 0 saturated heterocycles. The average Bonchev–Trinajstić information content (AvgIpc) is 3.13. The Kier molecular flexibility index (Phi) is 3.33. The highest BCUT2D eigenvalue weighted by Crippen LogP contribution is 2.24. The Morgan fingerprint density at radius 3 is 2.41 bits per heavy atom. The van der Waals surface area contributed by atoms with Crippen molar-refractivity contribution in [3.05, 3.63) is 72.4 Å². The molecule has 2 aromatic carbocycles. The molecule has 0 spiro atoms. The first kappa shape index (κ1) is 13.0. The summed E-state index contributed by atoms with van der Waals surface area (Å²) in [5, 5.41) is 8.76. The molecule has 0 fully saturated rings. The minimum absolute atomic E-state index is 0.767. The van der Waals surface area contributed by atoms with Gasteiger partial charge in [0, 0.05) is 12.1 Å². The molecule has 0 bridgehead atoms. The van der Waals surface area contributed by atoms with Crippen LogP contribution in [0.1, 0.15) is 5.56 Å². The second-order valence-electron chi connectivity index (χ2n) is 4.97. The number of aromatic nitrogens is 3. The summed E-state index contributed by atoms with van der Waals surface area (Å²) in [6, 6.07) is 20.4. The van der Waals surface area contributed by atoms with Crippen molar-refractivity contribution in [1.29, 1.82) is 0 Å². The van der Waals surface area contributed by atoms with E-state index < -0.39 is 0 Å². The maximum Gasteiger partial charge on any atom is 0.214 e. The summed E-state index contributed by atoms with van der Waals surface area (Å²) in [5.41, 5.74) is 3.30. The number of imidazole rings is 1. The van der Waals surface area contributed by atoms with Crippen molar-refractivity contribution in [3.8, 4) is 11.3 Å². The molecule has 5 heteroatoms. The van der Waals surface area contributed by atoms with E-state index in [1.807, 2.05) is 47.1 Å². The largest absolute Gasteiger partial charge is 0.356 e. The highest BCUT2D eigenvalue weighted by atomic mass is 32.1. The standard InChI is InChI=1S/C17H14N4S/c1-3-7-13(8-4-1)11-18-16-20-21-12-15(19-17(21)22-16)14-9-5-2-6-10-14/h1-10,12H,11H2,(H,18,20). The van der Waals surface area contributed by atoms with Gasteiger partial charge in [-0.1, -0.05) is 72.0 Å². The number of anilines is 1. The molecule has 108 valence electrons. The van der Waals surface area contributed by atoms with Gasteiger partial charge in [-0.15, -0.1) is 5.10 Å². The number of nitrogens with zero attached hydrogens (tertiary/aromatic N) is 3. The van der Waals surface area contributed by atoms with E-state index in [4.69, 9.17) is 0 Å². The fraction of sp³-hybridized carbons (Fsp3) is 0.0588. The van der Waals surface area contributed by atoms with Gasteiger partial charge in [0.05, 0.1) is 11.9 Å². The highest BCUT2D eigenvalue weighted by molar-refractivity contribution is 7.20. The molecule has 0 saturated carbocycles. The van der Waals surface area contributed by atoms with Crippen molar-refractivity contribution in [2.45, 2.75) is 6.54 Å². The summed E-state index contributed by atoms with van der Waals surface area (Å²) in [5.74, 6) is 0. The molecule has 1 N–H and O–H groups in total. The number of nitrogens with one attached hydrogen (secondary N) is 1. The van der Waals surface area contributed by atoms with Gasteiger partial charge in [-0.25, -0.2) is 9.50 Å². The third-order valence-electron chi connectivity index (χ3n) is 3.40. The summed E-state index contributed by atoms with van der Waals surface area (Å²) in [6.45, 7) is 0.767. The minimum Gasteiger partial charge on any atom is -0.356 e. The second-order valence-corrected chi connectivity index (χ2v) is 5.92. The monoisotopic (exact) mass is 306 g/mol. The zero-order chi connectivity index (χ0) is 14.8. The Balaban J connectivity index is 1.54. The van der Waals surface area contributed by atoms with Gasteiger partial charge in [-0.05, 0) is 5.56 Å². The topological polar surface area (TPSA) is 42.2 Å². The lowest BCUT2D eigenvalue weighted by Gasteiger charge is -2.01. The van der Waals surface area contributed by atoms with Crippen LogP contribution in [0.5, 0.6) is 0 Å². The quantitative estimate of drug-likeness (QED) is 0.618. The van der Waals surface area contributed by atoms with Gasteiger partial charge in [0.1, 0.15) is 0 Å². The molecule has 0 aliphatic rings. The number of hydrogen-bond acceptors (Lipinski definition) is 4. The van der Waals surface area contributed by atoms with Crippen LogP contribution < -0.4 is 5.32 Å². The fourth-order valence-corrected chi connectivity index (χ4v) is 3.07. The van der Waals surface area contributed by atoms with E-state index in [0.29, 0.717) is 0 Å². The number of benzene rings is 2. The van der Waals surface area contributed by atoms with Crippen LogP contribution in [0.3, 0.4) is 0 Å². The zero-order valence-electron chi connectivity index (χ0n) is 11.8. The first-order chi connectivity index (χ1) is 10.9. The van der Waals surface area contributed by atoms with E-state index in [1.54, 1.807) is 11.3 Å². The molecular weight excluding hydrogens is 292 g/mol. The first-order valence-corrected chi connectivity index (χ1v) is 7.89. The molecule has 4 aromatic rings. The van der Waals surface area contributed by atoms with E-state index >= 15 is 0 Å². The molecular formula is C17H14N4S. The maximum atomic E-state index is 4.64. The summed E-state index contributed by atoms with van der Waals surface area (Å²) >= 11 is 1.56. The molecule has 0 amide bonds. The molecule has 2 heterocycles. The molecule has 22 heavy (non-hydrogen) atoms. The Morgan fingerprint density at radius 2 is 1.68 bits per heavy atom. The number of rotatable bonds is 4. The lowest BCUT2D eigenvalue weighted by Crippen LogP contribution is -1.99. The fourth-order valence-electron chi connectivity index (χ4n) is 2.29. The lowest BCUT2D eigenvalue weighted by molar-refractivity contribution is 0.962. The zero-order valence-corrected chi connectivity index (χ0v) is 12.6. The Bertz CT molecular complexity index is 849. The molecule has 2 aromatic heterocycles. The normalized spacial score (nSPS) is 10.9. The summed E-state index contributed by atoms with van der Waals surface area (Å²) in [4.78, 5) is 5.54. The molecule has 0 radical (unpaired) electrons. The van der Waals surface area contributed by atoms with Crippen molar-refractivity contribution in [2.75, 3.05) is 5.32 Å². The van der Waals surface area contributed by atoms with Crippen molar-refractivity contribution in [2.24, 2.45) is 0 Å². The van der Waals surface area contributed by atoms with E-state index in [2.05, 4.69) is 39.7 Å². The summed E-state index contributed by atoms with van der Waals surface area (Å²) < 4.78 is 1.83. The smallest absolute Gasteiger partial charge is 0.214 e. The van der Waals surface area contributed by atoms with Gasteiger partial charge >= 0.3 is 0 Å². The Morgan fingerprint density at radius 1 is 0.955 bits per heavy atom. The molecule has 4 rings (SSSR count). The van der Waals surface area contributed by atoms with Gasteiger partial charge in [0.25, 0.3) is 0 Å². The minimum atomic E-state index is 0.767. The van der Waals surface area contributed by atoms with E-state index in [9.17, 15) is 0 Å². The number of fused-ring (bicyclic) bond motifs is 1. The third-order valence-corrected chi connectivity index (χ3v) is 4.28. The van der Waals surface area contributed by atoms with Gasteiger partial charge in [0.15, 0.2) is 0 Å². The predicted molar refractivity (Wildman–Crippen MR) is 90.1 cm³/mol. The first-order valence-electron chi connectivity index (χ1n) is 7.08. The van der Waals surface area contributed by atoms with Crippen molar-refractivity contribution >= 4 is 21.4 Å². The third kappa shape index (κ3) is 2.58. The van der Waals surface area contributed by atoms with Gasteiger partial charge in [-0.3, -0.25) is 0 Å². The summed E-state index contributed by atoms with van der Waals surface area (Å²) in [7, 11) is 0. The van der Waals surface area contributed by atoms with Crippen LogP contribution in [0.15, 0.2) is 66.9 Å². The molecule has 0 aliphatic heterocycles. The second kappa shape index (κ2) is 5.61. The summed E-state index contributed by atoms with van der Waals surface area (Å²) in [6.07, 6.45) is 1.97. The number of hydrogen-bond donors (Lipinski definition) is 1. The van der Waals surface area contributed by atoms with Crippen LogP contribution >= 0.6 is 11.3 Å². The van der Waals surface area contributed by atoms with Gasteiger partial charge < -0.3 is 5.32 Å².